The van der Waals surface area contributed by atoms with Crippen molar-refractivity contribution in [2.45, 2.75) is 38.2 Å². The highest BCUT2D eigenvalue weighted by Crippen LogP contribution is 2.39. The number of nitrogens with zero attached hydrogens (tertiary/aromatic N) is 1. The van der Waals surface area contributed by atoms with Gasteiger partial charge in [-0.15, -0.1) is 0 Å². The lowest BCUT2D eigenvalue weighted by molar-refractivity contribution is -0.385. The van der Waals surface area contributed by atoms with E-state index < -0.39 is 5.60 Å². The minimum Gasteiger partial charge on any atom is -0.390 e. The summed E-state index contributed by atoms with van der Waals surface area (Å²) in [4.78, 5) is 10.4. The van der Waals surface area contributed by atoms with Crippen molar-refractivity contribution in [1.29, 1.82) is 0 Å². The largest absolute Gasteiger partial charge is 0.390 e. The van der Waals surface area contributed by atoms with Crippen molar-refractivity contribution in [1.82, 2.24) is 0 Å². The van der Waals surface area contributed by atoms with E-state index >= 15 is 0 Å². The van der Waals surface area contributed by atoms with Gasteiger partial charge in [-0.05, 0) is 38.2 Å². The highest BCUT2D eigenvalue weighted by molar-refractivity contribution is 5.42. The van der Waals surface area contributed by atoms with E-state index in [1.807, 2.05) is 6.07 Å². The molecular formula is C12H15NO3. The fourth-order valence-electron chi connectivity index (χ4n) is 1.78. The van der Waals surface area contributed by atoms with E-state index in [0.717, 1.165) is 18.4 Å². The Labute approximate surface area is 94.1 Å². The Bertz CT molecular complexity index is 424. The van der Waals surface area contributed by atoms with Crippen molar-refractivity contribution < 1.29 is 10.0 Å². The average Bonchev–Trinajstić information content (AvgIpc) is 2.96. The average molecular weight is 221 g/mol. The quantitative estimate of drug-likeness (QED) is 0.627. The molecule has 0 bridgehead atoms. The van der Waals surface area contributed by atoms with E-state index in [-0.39, 0.29) is 10.6 Å². The number of nitro groups is 1. The van der Waals surface area contributed by atoms with E-state index in [4.69, 9.17) is 0 Å². The van der Waals surface area contributed by atoms with Crippen LogP contribution in [0.5, 0.6) is 0 Å². The third kappa shape index (κ3) is 2.39. The molecule has 1 aromatic rings. The Morgan fingerprint density at radius 2 is 2.19 bits per heavy atom. The molecule has 1 aromatic carbocycles. The molecule has 0 unspecified atom stereocenters. The standard InChI is InChI=1S/C12H15NO3/c1-9-2-3-10(8-11(9)13(15)16)4-5-12(14)6-7-12/h2-3,8,14H,4-7H2,1H3. The van der Waals surface area contributed by atoms with Crippen molar-refractivity contribution >= 4 is 5.69 Å². The first-order chi connectivity index (χ1) is 7.50. The topological polar surface area (TPSA) is 63.4 Å². The van der Waals surface area contributed by atoms with E-state index in [1.54, 1.807) is 19.1 Å². The van der Waals surface area contributed by atoms with Gasteiger partial charge in [0.2, 0.25) is 0 Å². The Morgan fingerprint density at radius 1 is 1.50 bits per heavy atom. The molecule has 0 radical (unpaired) electrons. The molecule has 0 saturated heterocycles. The number of nitro benzene ring substituents is 1. The van der Waals surface area contributed by atoms with Gasteiger partial charge >= 0.3 is 0 Å². The lowest BCUT2D eigenvalue weighted by Gasteiger charge is -2.07. The van der Waals surface area contributed by atoms with Crippen molar-refractivity contribution in [3.05, 3.63) is 39.4 Å². The van der Waals surface area contributed by atoms with Crippen LogP contribution in [0.3, 0.4) is 0 Å². The Hall–Kier alpha value is -1.42. The SMILES string of the molecule is Cc1ccc(CCC2(O)CC2)cc1[N+](=O)[O-]. The molecule has 1 fully saturated rings. The molecule has 0 aliphatic heterocycles. The Kier molecular flexibility index (Phi) is 2.68. The molecule has 0 spiro atoms. The Morgan fingerprint density at radius 3 is 2.75 bits per heavy atom. The molecule has 1 aliphatic rings. The van der Waals surface area contributed by atoms with Crippen LogP contribution < -0.4 is 0 Å². The zero-order chi connectivity index (χ0) is 11.8. The minimum atomic E-state index is -0.486. The van der Waals surface area contributed by atoms with E-state index in [0.29, 0.717) is 18.4 Å². The van der Waals surface area contributed by atoms with Crippen LogP contribution in [-0.4, -0.2) is 15.6 Å². The zero-order valence-corrected chi connectivity index (χ0v) is 9.27. The second-order valence-electron chi connectivity index (χ2n) is 4.60. The molecule has 4 heteroatoms. The number of aliphatic hydroxyl groups is 1. The predicted molar refractivity (Wildman–Crippen MR) is 60.3 cm³/mol. The number of hydrogen-bond acceptors (Lipinski definition) is 3. The van der Waals surface area contributed by atoms with Gasteiger partial charge in [0.1, 0.15) is 0 Å². The van der Waals surface area contributed by atoms with Gasteiger partial charge in [0.15, 0.2) is 0 Å². The molecule has 0 aromatic heterocycles. The van der Waals surface area contributed by atoms with Crippen molar-refractivity contribution in [2.75, 3.05) is 0 Å². The first-order valence-electron chi connectivity index (χ1n) is 5.46. The molecule has 0 heterocycles. The van der Waals surface area contributed by atoms with Crippen molar-refractivity contribution in [3.63, 3.8) is 0 Å². The maximum Gasteiger partial charge on any atom is 0.272 e. The van der Waals surface area contributed by atoms with Crippen LogP contribution in [0.4, 0.5) is 5.69 Å². The predicted octanol–water partition coefficient (Wildman–Crippen LogP) is 2.36. The lowest BCUT2D eigenvalue weighted by Crippen LogP contribution is -2.07. The molecule has 86 valence electrons. The van der Waals surface area contributed by atoms with Crippen molar-refractivity contribution in [2.24, 2.45) is 0 Å². The summed E-state index contributed by atoms with van der Waals surface area (Å²) < 4.78 is 0. The highest BCUT2D eigenvalue weighted by atomic mass is 16.6. The number of hydrogen-bond donors (Lipinski definition) is 1. The van der Waals surface area contributed by atoms with Crippen LogP contribution in [0, 0.1) is 17.0 Å². The Balaban J connectivity index is 2.09. The smallest absolute Gasteiger partial charge is 0.272 e. The van der Waals surface area contributed by atoms with Crippen LogP contribution >= 0.6 is 0 Å². The van der Waals surface area contributed by atoms with E-state index in [9.17, 15) is 15.2 Å². The van der Waals surface area contributed by atoms with Gasteiger partial charge in [-0.3, -0.25) is 10.1 Å². The summed E-state index contributed by atoms with van der Waals surface area (Å²) in [5, 5.41) is 20.4. The monoisotopic (exact) mass is 221 g/mol. The highest BCUT2D eigenvalue weighted by Gasteiger charge is 2.39. The van der Waals surface area contributed by atoms with Crippen LogP contribution in [0.15, 0.2) is 18.2 Å². The molecule has 0 atom stereocenters. The first-order valence-corrected chi connectivity index (χ1v) is 5.46. The molecular weight excluding hydrogens is 206 g/mol. The van der Waals surface area contributed by atoms with Gasteiger partial charge in [-0.25, -0.2) is 0 Å². The first kappa shape index (κ1) is 11.1. The summed E-state index contributed by atoms with van der Waals surface area (Å²) in [5.41, 5.74) is 1.29. The van der Waals surface area contributed by atoms with E-state index in [2.05, 4.69) is 0 Å². The third-order valence-electron chi connectivity index (χ3n) is 3.18. The second-order valence-corrected chi connectivity index (χ2v) is 4.60. The second kappa shape index (κ2) is 3.87. The maximum absolute atomic E-state index is 10.7. The van der Waals surface area contributed by atoms with Gasteiger partial charge < -0.3 is 5.11 Å². The summed E-state index contributed by atoms with van der Waals surface area (Å²) in [6.07, 6.45) is 3.13. The van der Waals surface area contributed by atoms with Crippen LogP contribution in [-0.2, 0) is 6.42 Å². The fraction of sp³-hybridized carbons (Fsp3) is 0.500. The normalized spacial score (nSPS) is 17.1. The summed E-state index contributed by atoms with van der Waals surface area (Å²) in [5.74, 6) is 0. The van der Waals surface area contributed by atoms with Crippen LogP contribution in [0.2, 0.25) is 0 Å². The number of aryl methyl sites for hydroxylation is 2. The molecule has 1 N–H and O–H groups in total. The summed E-state index contributed by atoms with van der Waals surface area (Å²) in [6, 6.07) is 5.28. The summed E-state index contributed by atoms with van der Waals surface area (Å²) in [7, 11) is 0. The van der Waals surface area contributed by atoms with Crippen LogP contribution in [0.25, 0.3) is 0 Å². The lowest BCUT2D eigenvalue weighted by atomic mass is 10.0. The number of rotatable bonds is 4. The minimum absolute atomic E-state index is 0.167. The number of benzene rings is 1. The van der Waals surface area contributed by atoms with Gasteiger partial charge in [0, 0.05) is 11.6 Å². The summed E-state index contributed by atoms with van der Waals surface area (Å²) >= 11 is 0. The van der Waals surface area contributed by atoms with Gasteiger partial charge in [0.05, 0.1) is 10.5 Å². The third-order valence-corrected chi connectivity index (χ3v) is 3.18. The molecule has 2 rings (SSSR count). The zero-order valence-electron chi connectivity index (χ0n) is 9.27. The summed E-state index contributed by atoms with van der Waals surface area (Å²) in [6.45, 7) is 1.73. The molecule has 4 nitrogen and oxygen atoms in total. The van der Waals surface area contributed by atoms with E-state index in [1.165, 1.54) is 0 Å². The van der Waals surface area contributed by atoms with Gasteiger partial charge in [0.25, 0.3) is 5.69 Å². The molecule has 16 heavy (non-hydrogen) atoms. The fourth-order valence-corrected chi connectivity index (χ4v) is 1.78. The maximum atomic E-state index is 10.7. The molecule has 1 saturated carbocycles. The van der Waals surface area contributed by atoms with Gasteiger partial charge in [-0.1, -0.05) is 12.1 Å². The van der Waals surface area contributed by atoms with Crippen LogP contribution in [0.1, 0.15) is 30.4 Å². The van der Waals surface area contributed by atoms with Gasteiger partial charge in [-0.2, -0.15) is 0 Å². The molecule has 1 aliphatic carbocycles. The molecule has 0 amide bonds. The van der Waals surface area contributed by atoms with Crippen molar-refractivity contribution in [3.8, 4) is 0 Å².